The minimum atomic E-state index is 0.188. The van der Waals surface area contributed by atoms with Crippen LogP contribution in [0.1, 0.15) is 20.3 Å². The second kappa shape index (κ2) is 6.69. The standard InChI is InChI=1S/C11H22ClNO2/c1-9(4-5-14-3)13-7-11(6-12)15-8-10(13)2/h9-11H,4-8H2,1-3H3. The number of ether oxygens (including phenoxy) is 2. The van der Waals surface area contributed by atoms with Crippen LogP contribution in [0.3, 0.4) is 0 Å². The molecule has 4 heteroatoms. The molecule has 1 aliphatic heterocycles. The van der Waals surface area contributed by atoms with E-state index in [-0.39, 0.29) is 6.10 Å². The molecular formula is C11H22ClNO2. The lowest BCUT2D eigenvalue weighted by molar-refractivity contribution is -0.0650. The predicted molar refractivity (Wildman–Crippen MR) is 62.6 cm³/mol. The molecule has 3 nitrogen and oxygen atoms in total. The zero-order valence-electron chi connectivity index (χ0n) is 9.91. The normalized spacial score (nSPS) is 30.4. The van der Waals surface area contributed by atoms with Crippen molar-refractivity contribution in [1.29, 1.82) is 0 Å². The van der Waals surface area contributed by atoms with Crippen LogP contribution in [0.5, 0.6) is 0 Å². The summed E-state index contributed by atoms with van der Waals surface area (Å²) in [4.78, 5) is 2.47. The molecular weight excluding hydrogens is 214 g/mol. The molecule has 0 radical (unpaired) electrons. The molecule has 1 heterocycles. The maximum absolute atomic E-state index is 5.83. The van der Waals surface area contributed by atoms with Gasteiger partial charge in [0, 0.05) is 38.2 Å². The van der Waals surface area contributed by atoms with Gasteiger partial charge in [0.1, 0.15) is 0 Å². The van der Waals surface area contributed by atoms with Crippen LogP contribution in [-0.2, 0) is 9.47 Å². The van der Waals surface area contributed by atoms with Crippen LogP contribution in [0.25, 0.3) is 0 Å². The molecule has 90 valence electrons. The molecule has 0 bridgehead atoms. The molecule has 0 N–H and O–H groups in total. The van der Waals surface area contributed by atoms with Crippen molar-refractivity contribution in [3.8, 4) is 0 Å². The molecule has 3 atom stereocenters. The largest absolute Gasteiger partial charge is 0.385 e. The summed E-state index contributed by atoms with van der Waals surface area (Å²) in [7, 11) is 1.75. The number of rotatable bonds is 5. The van der Waals surface area contributed by atoms with E-state index in [9.17, 15) is 0 Å². The topological polar surface area (TPSA) is 21.7 Å². The van der Waals surface area contributed by atoms with Gasteiger partial charge in [0.2, 0.25) is 0 Å². The van der Waals surface area contributed by atoms with E-state index >= 15 is 0 Å². The van der Waals surface area contributed by atoms with E-state index in [0.717, 1.165) is 26.2 Å². The summed E-state index contributed by atoms with van der Waals surface area (Å²) in [5.74, 6) is 0.584. The van der Waals surface area contributed by atoms with Gasteiger partial charge >= 0.3 is 0 Å². The van der Waals surface area contributed by atoms with Crippen molar-refractivity contribution < 1.29 is 9.47 Å². The number of hydrogen-bond acceptors (Lipinski definition) is 3. The van der Waals surface area contributed by atoms with E-state index in [4.69, 9.17) is 21.1 Å². The van der Waals surface area contributed by atoms with E-state index in [0.29, 0.717) is 18.0 Å². The van der Waals surface area contributed by atoms with E-state index < -0.39 is 0 Å². The van der Waals surface area contributed by atoms with Gasteiger partial charge in [0.25, 0.3) is 0 Å². The molecule has 0 aromatic rings. The van der Waals surface area contributed by atoms with E-state index in [2.05, 4.69) is 18.7 Å². The lowest BCUT2D eigenvalue weighted by atomic mass is 10.1. The number of halogens is 1. The van der Waals surface area contributed by atoms with Crippen molar-refractivity contribution in [2.24, 2.45) is 0 Å². The number of morpholine rings is 1. The van der Waals surface area contributed by atoms with Crippen LogP contribution >= 0.6 is 11.6 Å². The maximum Gasteiger partial charge on any atom is 0.0838 e. The summed E-state index contributed by atoms with van der Waals surface area (Å²) in [6.07, 6.45) is 1.25. The molecule has 0 spiro atoms. The monoisotopic (exact) mass is 235 g/mol. The maximum atomic E-state index is 5.83. The Balaban J connectivity index is 2.42. The lowest BCUT2D eigenvalue weighted by Crippen LogP contribution is -2.52. The van der Waals surface area contributed by atoms with Gasteiger partial charge in [-0.3, -0.25) is 4.90 Å². The Morgan fingerprint density at radius 2 is 2.33 bits per heavy atom. The van der Waals surface area contributed by atoms with Gasteiger partial charge in [-0.1, -0.05) is 0 Å². The molecule has 1 saturated heterocycles. The van der Waals surface area contributed by atoms with Gasteiger partial charge in [-0.15, -0.1) is 11.6 Å². The van der Waals surface area contributed by atoms with Crippen molar-refractivity contribution in [2.75, 3.05) is 32.7 Å². The smallest absolute Gasteiger partial charge is 0.0838 e. The highest BCUT2D eigenvalue weighted by atomic mass is 35.5. The molecule has 0 aliphatic carbocycles. The van der Waals surface area contributed by atoms with Crippen LogP contribution in [0.15, 0.2) is 0 Å². The van der Waals surface area contributed by atoms with Crippen molar-refractivity contribution in [2.45, 2.75) is 38.5 Å². The van der Waals surface area contributed by atoms with Crippen molar-refractivity contribution in [3.63, 3.8) is 0 Å². The number of nitrogens with zero attached hydrogens (tertiary/aromatic N) is 1. The Morgan fingerprint density at radius 3 is 2.93 bits per heavy atom. The summed E-state index contributed by atoms with van der Waals surface area (Å²) < 4.78 is 10.7. The fourth-order valence-corrected chi connectivity index (χ4v) is 2.19. The van der Waals surface area contributed by atoms with Gasteiger partial charge in [0.05, 0.1) is 12.7 Å². The van der Waals surface area contributed by atoms with Crippen LogP contribution in [0.2, 0.25) is 0 Å². The third-order valence-corrected chi connectivity index (χ3v) is 3.38. The summed E-state index contributed by atoms with van der Waals surface area (Å²) in [6, 6.07) is 1.02. The van der Waals surface area contributed by atoms with E-state index in [1.54, 1.807) is 7.11 Å². The summed E-state index contributed by atoms with van der Waals surface area (Å²) in [5, 5.41) is 0. The molecule has 1 fully saturated rings. The first kappa shape index (κ1) is 13.2. The molecule has 0 aromatic heterocycles. The first-order chi connectivity index (χ1) is 7.19. The van der Waals surface area contributed by atoms with Gasteiger partial charge in [-0.2, -0.15) is 0 Å². The van der Waals surface area contributed by atoms with E-state index in [1.165, 1.54) is 0 Å². The van der Waals surface area contributed by atoms with Crippen molar-refractivity contribution in [1.82, 2.24) is 4.90 Å². The van der Waals surface area contributed by atoms with E-state index in [1.807, 2.05) is 0 Å². The number of alkyl halides is 1. The highest BCUT2D eigenvalue weighted by Crippen LogP contribution is 2.17. The minimum Gasteiger partial charge on any atom is -0.385 e. The average molecular weight is 236 g/mol. The molecule has 0 aromatic carbocycles. The third-order valence-electron chi connectivity index (χ3n) is 3.03. The molecule has 1 aliphatic rings. The van der Waals surface area contributed by atoms with Crippen LogP contribution in [0, 0.1) is 0 Å². The Kier molecular flexibility index (Phi) is 5.90. The van der Waals surface area contributed by atoms with Gasteiger partial charge < -0.3 is 9.47 Å². The Morgan fingerprint density at radius 1 is 1.60 bits per heavy atom. The molecule has 15 heavy (non-hydrogen) atoms. The van der Waals surface area contributed by atoms with Gasteiger partial charge in [-0.25, -0.2) is 0 Å². The first-order valence-electron chi connectivity index (χ1n) is 5.61. The second-order valence-corrected chi connectivity index (χ2v) is 4.59. The minimum absolute atomic E-state index is 0.188. The van der Waals surface area contributed by atoms with Crippen LogP contribution in [-0.4, -0.2) is 55.8 Å². The highest BCUT2D eigenvalue weighted by Gasteiger charge is 2.28. The van der Waals surface area contributed by atoms with Crippen LogP contribution in [0.4, 0.5) is 0 Å². The van der Waals surface area contributed by atoms with Crippen LogP contribution < -0.4 is 0 Å². The fraction of sp³-hybridized carbons (Fsp3) is 1.00. The zero-order valence-corrected chi connectivity index (χ0v) is 10.7. The summed E-state index contributed by atoms with van der Waals surface area (Å²) in [5.41, 5.74) is 0. The lowest BCUT2D eigenvalue weighted by Gasteiger charge is -2.41. The Bertz CT molecular complexity index is 180. The summed E-state index contributed by atoms with van der Waals surface area (Å²) >= 11 is 5.83. The molecule has 0 saturated carbocycles. The average Bonchev–Trinajstić information content (AvgIpc) is 2.26. The number of methoxy groups -OCH3 is 1. The third kappa shape index (κ3) is 3.91. The number of hydrogen-bond donors (Lipinski definition) is 0. The predicted octanol–water partition coefficient (Wildman–Crippen LogP) is 1.74. The Hall–Kier alpha value is 0.170. The van der Waals surface area contributed by atoms with Gasteiger partial charge in [-0.05, 0) is 20.3 Å². The van der Waals surface area contributed by atoms with Crippen molar-refractivity contribution in [3.05, 3.63) is 0 Å². The molecule has 0 amide bonds. The fourth-order valence-electron chi connectivity index (χ4n) is 2.00. The Labute approximate surface area is 97.7 Å². The quantitative estimate of drug-likeness (QED) is 0.678. The molecule has 3 unspecified atom stereocenters. The van der Waals surface area contributed by atoms with Gasteiger partial charge in [0.15, 0.2) is 0 Å². The first-order valence-corrected chi connectivity index (χ1v) is 6.14. The summed E-state index contributed by atoms with van der Waals surface area (Å²) in [6.45, 7) is 6.99. The second-order valence-electron chi connectivity index (χ2n) is 4.29. The SMILES string of the molecule is COCCC(C)N1CC(CCl)OCC1C. The van der Waals surface area contributed by atoms with Crippen molar-refractivity contribution >= 4 is 11.6 Å². The zero-order chi connectivity index (χ0) is 11.3. The molecule has 1 rings (SSSR count). The highest BCUT2D eigenvalue weighted by molar-refractivity contribution is 6.18.